The number of likely N-dealkylation sites (N-methyl/N-ethyl adjacent to an activating group) is 1. The minimum absolute atomic E-state index is 0.00402. The second-order valence-electron chi connectivity index (χ2n) is 8.29. The molecule has 1 N–H and O–H groups in total. The van der Waals surface area contributed by atoms with Crippen LogP contribution in [0.4, 0.5) is 5.69 Å². The molecule has 0 spiro atoms. The van der Waals surface area contributed by atoms with E-state index in [1.807, 2.05) is 0 Å². The molecule has 202 valence electrons. The van der Waals surface area contributed by atoms with Gasteiger partial charge < -0.3 is 15.0 Å². The van der Waals surface area contributed by atoms with Crippen LogP contribution >= 0.6 is 23.2 Å². The summed E-state index contributed by atoms with van der Waals surface area (Å²) in [6.45, 7) is 1.14. The summed E-state index contributed by atoms with van der Waals surface area (Å²) >= 11 is 12.4. The van der Waals surface area contributed by atoms with Crippen molar-refractivity contribution < 1.29 is 22.7 Å². The molecule has 3 aromatic carbocycles. The van der Waals surface area contributed by atoms with Gasteiger partial charge in [0.2, 0.25) is 11.8 Å². The monoisotopic (exact) mass is 577 g/mol. The summed E-state index contributed by atoms with van der Waals surface area (Å²) < 4.78 is 34.1. The molecule has 0 saturated carbocycles. The molecule has 0 bridgehead atoms. The van der Waals surface area contributed by atoms with Gasteiger partial charge in [-0.25, -0.2) is 8.42 Å². The highest BCUT2D eigenvalue weighted by Gasteiger charge is 2.34. The molecule has 0 radical (unpaired) electrons. The lowest BCUT2D eigenvalue weighted by Crippen LogP contribution is -2.51. The molecular weight excluding hydrogens is 549 g/mol. The molecule has 0 saturated heterocycles. The van der Waals surface area contributed by atoms with Crippen molar-refractivity contribution in [3.05, 3.63) is 88.4 Å². The Kier molecular flexibility index (Phi) is 10.0. The first-order chi connectivity index (χ1) is 18.1. The maximum Gasteiger partial charge on any atom is 0.264 e. The normalized spacial score (nSPS) is 11.9. The first-order valence-corrected chi connectivity index (χ1v) is 14.0. The Balaban J connectivity index is 2.10. The number of hydrogen-bond acceptors (Lipinski definition) is 5. The van der Waals surface area contributed by atoms with E-state index >= 15 is 0 Å². The van der Waals surface area contributed by atoms with E-state index in [0.717, 1.165) is 4.31 Å². The van der Waals surface area contributed by atoms with Crippen molar-refractivity contribution in [3.63, 3.8) is 0 Å². The van der Waals surface area contributed by atoms with Crippen molar-refractivity contribution in [2.24, 2.45) is 0 Å². The van der Waals surface area contributed by atoms with Crippen LogP contribution in [-0.2, 0) is 26.2 Å². The first-order valence-electron chi connectivity index (χ1n) is 11.8. The fraction of sp³-hybridized carbons (Fsp3) is 0.259. The lowest BCUT2D eigenvalue weighted by Gasteiger charge is -2.33. The number of amides is 2. The molecule has 11 heteroatoms. The molecule has 0 heterocycles. The van der Waals surface area contributed by atoms with Gasteiger partial charge in [0.25, 0.3) is 10.0 Å². The zero-order valence-electron chi connectivity index (χ0n) is 21.2. The second kappa shape index (κ2) is 13.0. The molecule has 8 nitrogen and oxygen atoms in total. The number of ether oxygens (including phenoxy) is 1. The fourth-order valence-electron chi connectivity index (χ4n) is 3.99. The summed E-state index contributed by atoms with van der Waals surface area (Å²) in [6, 6.07) is 18.3. The Morgan fingerprint density at radius 2 is 1.66 bits per heavy atom. The molecule has 1 unspecified atom stereocenters. The van der Waals surface area contributed by atoms with Crippen LogP contribution in [-0.4, -0.2) is 51.9 Å². The average molecular weight is 579 g/mol. The molecule has 0 aliphatic heterocycles. The van der Waals surface area contributed by atoms with Crippen molar-refractivity contribution in [2.45, 2.75) is 30.8 Å². The number of sulfonamides is 1. The van der Waals surface area contributed by atoms with Crippen LogP contribution in [0.3, 0.4) is 0 Å². The second-order valence-corrected chi connectivity index (χ2v) is 11.0. The van der Waals surface area contributed by atoms with Gasteiger partial charge in [-0.15, -0.1) is 0 Å². The molecule has 38 heavy (non-hydrogen) atoms. The maximum absolute atomic E-state index is 13.9. The van der Waals surface area contributed by atoms with Gasteiger partial charge in [-0.3, -0.25) is 13.9 Å². The fourth-order valence-corrected chi connectivity index (χ4v) is 5.90. The number of carbonyl (C=O) groups is 2. The SMILES string of the molecule is CCC(C(=O)NC)N(Cc1ccc(Cl)cc1Cl)C(=O)CN(c1ccccc1OC)S(=O)(=O)c1ccccc1. The largest absolute Gasteiger partial charge is 0.495 e. The number of anilines is 1. The van der Waals surface area contributed by atoms with Crippen molar-refractivity contribution in [1.29, 1.82) is 0 Å². The summed E-state index contributed by atoms with van der Waals surface area (Å²) in [4.78, 5) is 28.1. The minimum Gasteiger partial charge on any atom is -0.495 e. The lowest BCUT2D eigenvalue weighted by molar-refractivity contribution is -0.140. The molecule has 0 aliphatic rings. The van der Waals surface area contributed by atoms with Crippen LogP contribution in [0, 0.1) is 0 Å². The van der Waals surface area contributed by atoms with Gasteiger partial charge in [-0.1, -0.05) is 66.5 Å². The third kappa shape index (κ3) is 6.59. The quantitative estimate of drug-likeness (QED) is 0.354. The Bertz CT molecular complexity index is 1390. The minimum atomic E-state index is -4.20. The van der Waals surface area contributed by atoms with E-state index in [9.17, 15) is 18.0 Å². The number of nitrogens with zero attached hydrogens (tertiary/aromatic N) is 2. The van der Waals surface area contributed by atoms with Gasteiger partial charge in [0, 0.05) is 23.6 Å². The van der Waals surface area contributed by atoms with Gasteiger partial charge in [-0.2, -0.15) is 0 Å². The highest BCUT2D eigenvalue weighted by molar-refractivity contribution is 7.92. The van der Waals surface area contributed by atoms with E-state index < -0.39 is 28.5 Å². The number of rotatable bonds is 11. The van der Waals surface area contributed by atoms with E-state index in [1.54, 1.807) is 67.6 Å². The molecule has 2 amide bonds. The van der Waals surface area contributed by atoms with E-state index in [0.29, 0.717) is 15.6 Å². The van der Waals surface area contributed by atoms with Crippen LogP contribution in [0.1, 0.15) is 18.9 Å². The molecule has 3 rings (SSSR count). The lowest BCUT2D eigenvalue weighted by atomic mass is 10.1. The van der Waals surface area contributed by atoms with Gasteiger partial charge in [-0.05, 0) is 48.4 Å². The number of benzene rings is 3. The molecular formula is C27H29Cl2N3O5S. The van der Waals surface area contributed by atoms with Gasteiger partial charge in [0.1, 0.15) is 18.3 Å². The summed E-state index contributed by atoms with van der Waals surface area (Å²) in [5, 5.41) is 3.32. The van der Waals surface area contributed by atoms with Gasteiger partial charge in [0.05, 0.1) is 17.7 Å². The first kappa shape index (κ1) is 29.3. The summed E-state index contributed by atoms with van der Waals surface area (Å²) in [6.07, 6.45) is 0.288. The van der Waals surface area contributed by atoms with Crippen LogP contribution < -0.4 is 14.4 Å². The number of para-hydroxylation sites is 2. The Morgan fingerprint density at radius 3 is 2.26 bits per heavy atom. The van der Waals surface area contributed by atoms with Crippen LogP contribution in [0.2, 0.25) is 10.0 Å². The van der Waals surface area contributed by atoms with Gasteiger partial charge >= 0.3 is 0 Å². The number of hydrogen-bond donors (Lipinski definition) is 1. The Morgan fingerprint density at radius 1 is 1.00 bits per heavy atom. The van der Waals surface area contributed by atoms with E-state index in [-0.39, 0.29) is 35.2 Å². The maximum atomic E-state index is 13.9. The van der Waals surface area contributed by atoms with Crippen molar-refractivity contribution in [3.8, 4) is 5.75 Å². The zero-order valence-corrected chi connectivity index (χ0v) is 23.6. The standard InChI is InChI=1S/C27H29Cl2N3O5S/c1-4-23(27(34)30-2)31(17-19-14-15-20(28)16-22(19)29)26(33)18-32(24-12-8-9-13-25(24)37-3)38(35,36)21-10-6-5-7-11-21/h5-16,23H,4,17-18H2,1-3H3,(H,30,34). The summed E-state index contributed by atoms with van der Waals surface area (Å²) in [5.74, 6) is -0.719. The van der Waals surface area contributed by atoms with Crippen LogP contribution in [0.15, 0.2) is 77.7 Å². The molecule has 0 fully saturated rings. The number of nitrogens with one attached hydrogen (secondary N) is 1. The van der Waals surface area contributed by atoms with Crippen LogP contribution in [0.25, 0.3) is 0 Å². The topological polar surface area (TPSA) is 96.0 Å². The number of methoxy groups -OCH3 is 1. The van der Waals surface area contributed by atoms with Crippen molar-refractivity contribution in [2.75, 3.05) is 25.0 Å². The zero-order chi connectivity index (χ0) is 27.9. The summed E-state index contributed by atoms with van der Waals surface area (Å²) in [7, 11) is -1.30. The number of carbonyl (C=O) groups excluding carboxylic acids is 2. The third-order valence-electron chi connectivity index (χ3n) is 5.95. The van der Waals surface area contributed by atoms with Crippen molar-refractivity contribution in [1.82, 2.24) is 10.2 Å². The molecule has 3 aromatic rings. The molecule has 0 aliphatic carbocycles. The Labute approximate surface area is 233 Å². The molecule has 0 aromatic heterocycles. The smallest absolute Gasteiger partial charge is 0.264 e. The highest BCUT2D eigenvalue weighted by atomic mass is 35.5. The summed E-state index contributed by atoms with van der Waals surface area (Å²) in [5.41, 5.74) is 0.742. The Hall–Kier alpha value is -3.27. The predicted octanol–water partition coefficient (Wildman–Crippen LogP) is 4.75. The molecule has 1 atom stereocenters. The highest BCUT2D eigenvalue weighted by Crippen LogP contribution is 2.33. The third-order valence-corrected chi connectivity index (χ3v) is 8.31. The average Bonchev–Trinajstić information content (AvgIpc) is 2.92. The predicted molar refractivity (Wildman–Crippen MR) is 149 cm³/mol. The van der Waals surface area contributed by atoms with E-state index in [2.05, 4.69) is 5.32 Å². The number of halogens is 2. The van der Waals surface area contributed by atoms with E-state index in [1.165, 1.54) is 31.2 Å². The van der Waals surface area contributed by atoms with Crippen molar-refractivity contribution >= 4 is 50.7 Å². The van der Waals surface area contributed by atoms with Crippen LogP contribution in [0.5, 0.6) is 5.75 Å². The van der Waals surface area contributed by atoms with E-state index in [4.69, 9.17) is 27.9 Å². The van der Waals surface area contributed by atoms with Gasteiger partial charge in [0.15, 0.2) is 0 Å².